The molecule has 4 nitrogen and oxygen atoms in total. The van der Waals surface area contributed by atoms with Gasteiger partial charge in [-0.05, 0) is 36.5 Å². The third-order valence-electron chi connectivity index (χ3n) is 4.09. The van der Waals surface area contributed by atoms with Crippen LogP contribution >= 0.6 is 0 Å². The van der Waals surface area contributed by atoms with Gasteiger partial charge in [0.2, 0.25) is 5.91 Å². The zero-order chi connectivity index (χ0) is 15.4. The highest BCUT2D eigenvalue weighted by atomic mass is 16.3. The number of rotatable bonds is 6. The van der Waals surface area contributed by atoms with E-state index in [1.807, 2.05) is 0 Å². The lowest BCUT2D eigenvalue weighted by Crippen LogP contribution is -2.57. The minimum Gasteiger partial charge on any atom is -0.394 e. The first-order valence-corrected chi connectivity index (χ1v) is 7.81. The van der Waals surface area contributed by atoms with Crippen molar-refractivity contribution in [2.45, 2.75) is 59.4 Å². The maximum absolute atomic E-state index is 11.8. The van der Waals surface area contributed by atoms with E-state index in [1.54, 1.807) is 0 Å². The minimum atomic E-state index is -0.309. The summed E-state index contributed by atoms with van der Waals surface area (Å²) in [4.78, 5) is 11.8. The molecule has 0 heterocycles. The Kier molecular flexibility index (Phi) is 6.02. The predicted octanol–water partition coefficient (Wildman–Crippen LogP) is 1.93. The summed E-state index contributed by atoms with van der Waals surface area (Å²) in [6, 6.07) is 0. The van der Waals surface area contributed by atoms with Crippen LogP contribution in [0.1, 0.15) is 53.9 Å². The molecule has 3 N–H and O–H groups in total. The maximum Gasteiger partial charge on any atom is 0.233 e. The zero-order valence-corrected chi connectivity index (χ0v) is 13.8. The van der Waals surface area contributed by atoms with Crippen LogP contribution in [0, 0.1) is 17.3 Å². The highest BCUT2D eigenvalue weighted by molar-refractivity contribution is 5.78. The summed E-state index contributed by atoms with van der Waals surface area (Å²) in [5.41, 5.74) is -0.0991. The number of carbonyl (C=O) groups is 1. The summed E-state index contributed by atoms with van der Waals surface area (Å²) in [7, 11) is 0. The molecule has 1 amide bonds. The molecule has 2 atom stereocenters. The van der Waals surface area contributed by atoms with Gasteiger partial charge < -0.3 is 15.7 Å². The summed E-state index contributed by atoms with van der Waals surface area (Å²) in [6.07, 6.45) is 3.03. The van der Waals surface area contributed by atoms with Crippen LogP contribution in [0.15, 0.2) is 0 Å². The lowest BCUT2D eigenvalue weighted by Gasteiger charge is -2.47. The van der Waals surface area contributed by atoms with Crippen molar-refractivity contribution in [3.8, 4) is 0 Å². The molecule has 0 saturated heterocycles. The molecule has 1 aliphatic carbocycles. The van der Waals surface area contributed by atoms with Gasteiger partial charge in [-0.15, -0.1) is 0 Å². The molecule has 2 unspecified atom stereocenters. The number of nitrogens with one attached hydrogen (secondary N) is 2. The standard InChI is InChI=1S/C16H32N2O2/c1-12(2)8-17-14(20)9-18-16(11-19)7-13(3)6-15(4,5)10-16/h12-13,18-19H,6-11H2,1-5H3,(H,17,20). The molecule has 0 aromatic rings. The molecule has 1 saturated carbocycles. The first-order valence-electron chi connectivity index (χ1n) is 7.81. The second-order valence-electron chi connectivity index (χ2n) is 7.84. The van der Waals surface area contributed by atoms with Gasteiger partial charge in [-0.25, -0.2) is 0 Å². The Hall–Kier alpha value is -0.610. The van der Waals surface area contributed by atoms with Gasteiger partial charge in [0.25, 0.3) is 0 Å². The Labute approximate surface area is 123 Å². The van der Waals surface area contributed by atoms with Crippen molar-refractivity contribution < 1.29 is 9.90 Å². The minimum absolute atomic E-state index is 0.0163. The van der Waals surface area contributed by atoms with Gasteiger partial charge in [-0.3, -0.25) is 4.79 Å². The summed E-state index contributed by atoms with van der Waals surface area (Å²) >= 11 is 0. The lowest BCUT2D eigenvalue weighted by atomic mass is 9.64. The summed E-state index contributed by atoms with van der Waals surface area (Å²) in [6.45, 7) is 12.0. The van der Waals surface area contributed by atoms with E-state index in [4.69, 9.17) is 0 Å². The van der Waals surface area contributed by atoms with Gasteiger partial charge in [-0.1, -0.05) is 34.6 Å². The van der Waals surface area contributed by atoms with Crippen LogP contribution in [0.2, 0.25) is 0 Å². The van der Waals surface area contributed by atoms with Crippen molar-refractivity contribution in [2.75, 3.05) is 19.7 Å². The summed E-state index contributed by atoms with van der Waals surface area (Å²) < 4.78 is 0. The van der Waals surface area contributed by atoms with E-state index in [0.29, 0.717) is 18.4 Å². The van der Waals surface area contributed by atoms with Crippen molar-refractivity contribution >= 4 is 5.91 Å². The van der Waals surface area contributed by atoms with E-state index in [-0.39, 0.29) is 30.0 Å². The van der Waals surface area contributed by atoms with Gasteiger partial charge in [0, 0.05) is 12.1 Å². The number of carbonyl (C=O) groups excluding carboxylic acids is 1. The molecule has 0 aromatic heterocycles. The third kappa shape index (κ3) is 5.41. The van der Waals surface area contributed by atoms with Crippen LogP contribution in [0.25, 0.3) is 0 Å². The number of hydrogen-bond acceptors (Lipinski definition) is 3. The molecule has 0 aromatic carbocycles. The highest BCUT2D eigenvalue weighted by Gasteiger charge is 2.42. The van der Waals surface area contributed by atoms with Crippen molar-refractivity contribution in [3.05, 3.63) is 0 Å². The van der Waals surface area contributed by atoms with Crippen LogP contribution < -0.4 is 10.6 Å². The molecule has 4 heteroatoms. The van der Waals surface area contributed by atoms with Crippen LogP contribution in [0.5, 0.6) is 0 Å². The van der Waals surface area contributed by atoms with E-state index in [1.165, 1.54) is 6.42 Å². The number of aliphatic hydroxyl groups is 1. The van der Waals surface area contributed by atoms with Crippen LogP contribution in [0.4, 0.5) is 0 Å². The molecule has 20 heavy (non-hydrogen) atoms. The van der Waals surface area contributed by atoms with E-state index in [2.05, 4.69) is 45.3 Å². The Morgan fingerprint density at radius 2 is 2.00 bits per heavy atom. The molecule has 1 aliphatic rings. The van der Waals surface area contributed by atoms with Gasteiger partial charge >= 0.3 is 0 Å². The van der Waals surface area contributed by atoms with Crippen molar-refractivity contribution in [1.82, 2.24) is 10.6 Å². The smallest absolute Gasteiger partial charge is 0.233 e. The zero-order valence-electron chi connectivity index (χ0n) is 13.8. The Morgan fingerprint density at radius 1 is 1.35 bits per heavy atom. The second kappa shape index (κ2) is 6.90. The fourth-order valence-corrected chi connectivity index (χ4v) is 3.70. The van der Waals surface area contributed by atoms with Gasteiger partial charge in [0.1, 0.15) is 0 Å². The molecule has 1 fully saturated rings. The molecule has 0 radical (unpaired) electrons. The largest absolute Gasteiger partial charge is 0.394 e. The van der Waals surface area contributed by atoms with Crippen LogP contribution in [-0.4, -0.2) is 36.2 Å². The van der Waals surface area contributed by atoms with Crippen LogP contribution in [0.3, 0.4) is 0 Å². The van der Waals surface area contributed by atoms with Crippen molar-refractivity contribution in [3.63, 3.8) is 0 Å². The Bertz CT molecular complexity index is 328. The van der Waals surface area contributed by atoms with Gasteiger partial charge in [0.15, 0.2) is 0 Å². The number of aliphatic hydroxyl groups excluding tert-OH is 1. The lowest BCUT2D eigenvalue weighted by molar-refractivity contribution is -0.121. The van der Waals surface area contributed by atoms with Crippen molar-refractivity contribution in [2.24, 2.45) is 17.3 Å². The number of amides is 1. The van der Waals surface area contributed by atoms with E-state index >= 15 is 0 Å². The molecule has 118 valence electrons. The SMILES string of the molecule is CC(C)CNC(=O)CNC1(CO)CC(C)CC(C)(C)C1. The predicted molar refractivity (Wildman–Crippen MR) is 82.5 cm³/mol. The van der Waals surface area contributed by atoms with E-state index < -0.39 is 0 Å². The van der Waals surface area contributed by atoms with Gasteiger partial charge in [-0.2, -0.15) is 0 Å². The van der Waals surface area contributed by atoms with E-state index in [9.17, 15) is 9.90 Å². The van der Waals surface area contributed by atoms with Crippen molar-refractivity contribution in [1.29, 1.82) is 0 Å². The molecular formula is C16H32N2O2. The average molecular weight is 284 g/mol. The second-order valence-corrected chi connectivity index (χ2v) is 7.84. The van der Waals surface area contributed by atoms with Crippen LogP contribution in [-0.2, 0) is 4.79 Å². The normalized spacial score (nSPS) is 29.4. The maximum atomic E-state index is 11.8. The highest BCUT2D eigenvalue weighted by Crippen LogP contribution is 2.43. The first kappa shape index (κ1) is 17.4. The molecule has 0 spiro atoms. The quantitative estimate of drug-likeness (QED) is 0.698. The fourth-order valence-electron chi connectivity index (χ4n) is 3.70. The molecular weight excluding hydrogens is 252 g/mol. The summed E-state index contributed by atoms with van der Waals surface area (Å²) in [5, 5.41) is 16.1. The summed E-state index contributed by atoms with van der Waals surface area (Å²) in [5.74, 6) is 1.04. The fraction of sp³-hybridized carbons (Fsp3) is 0.938. The van der Waals surface area contributed by atoms with Gasteiger partial charge in [0.05, 0.1) is 13.2 Å². The molecule has 0 bridgehead atoms. The molecule has 0 aliphatic heterocycles. The topological polar surface area (TPSA) is 61.4 Å². The number of hydrogen-bond donors (Lipinski definition) is 3. The first-order chi connectivity index (χ1) is 9.18. The third-order valence-corrected chi connectivity index (χ3v) is 4.09. The Morgan fingerprint density at radius 3 is 2.50 bits per heavy atom. The monoisotopic (exact) mass is 284 g/mol. The average Bonchev–Trinajstić information content (AvgIpc) is 2.31. The Balaban J connectivity index is 2.55. The van der Waals surface area contributed by atoms with E-state index in [0.717, 1.165) is 12.8 Å². The molecule has 1 rings (SSSR count).